The molecule has 5 rings (SSSR count). The van der Waals surface area contributed by atoms with Gasteiger partial charge in [-0.3, -0.25) is 9.88 Å². The fourth-order valence-electron chi connectivity index (χ4n) is 5.19. The second-order valence-corrected chi connectivity index (χ2v) is 12.4. The van der Waals surface area contributed by atoms with Crippen molar-refractivity contribution in [1.29, 1.82) is 0 Å². The molecule has 12 heteroatoms. The first kappa shape index (κ1) is 28.2. The monoisotopic (exact) mass is 575 g/mol. The Hall–Kier alpha value is -3.35. The van der Waals surface area contributed by atoms with Crippen molar-refractivity contribution in [2.75, 3.05) is 26.2 Å². The van der Waals surface area contributed by atoms with E-state index in [-0.39, 0.29) is 29.8 Å². The number of fused-ring (bicyclic) bond motifs is 1. The van der Waals surface area contributed by atoms with Crippen LogP contribution in [0.15, 0.2) is 65.8 Å². The molecule has 0 spiro atoms. The number of nitrogens with zero attached hydrogens (tertiary/aromatic N) is 5. The van der Waals surface area contributed by atoms with E-state index in [1.165, 1.54) is 16.4 Å². The van der Waals surface area contributed by atoms with E-state index in [1.807, 2.05) is 19.1 Å². The Morgan fingerprint density at radius 2 is 1.75 bits per heavy atom. The zero-order valence-electron chi connectivity index (χ0n) is 22.2. The van der Waals surface area contributed by atoms with Crippen molar-refractivity contribution in [3.8, 4) is 5.69 Å². The van der Waals surface area contributed by atoms with E-state index in [0.29, 0.717) is 24.2 Å². The van der Waals surface area contributed by atoms with Crippen molar-refractivity contribution in [3.63, 3.8) is 0 Å². The zero-order chi connectivity index (χ0) is 28.8. The van der Waals surface area contributed by atoms with Gasteiger partial charge in [-0.2, -0.15) is 22.6 Å². The first-order chi connectivity index (χ1) is 18.8. The van der Waals surface area contributed by atoms with Crippen molar-refractivity contribution < 1.29 is 26.0 Å². The van der Waals surface area contributed by atoms with E-state index >= 15 is 0 Å². The van der Waals surface area contributed by atoms with E-state index in [4.69, 9.17) is 0 Å². The molecule has 1 fully saturated rings. The molecule has 0 radical (unpaired) electrons. The number of pyridine rings is 1. The summed E-state index contributed by atoms with van der Waals surface area (Å²) in [4.78, 5) is 5.33. The van der Waals surface area contributed by atoms with Crippen LogP contribution in [-0.2, 0) is 16.2 Å². The fraction of sp³-hybridized carbons (Fsp3) is 0.357. The van der Waals surface area contributed by atoms with Gasteiger partial charge in [0.05, 0.1) is 17.4 Å². The summed E-state index contributed by atoms with van der Waals surface area (Å²) >= 11 is 0. The number of sulfonamides is 1. The van der Waals surface area contributed by atoms with Crippen LogP contribution in [0.2, 0.25) is 0 Å². The van der Waals surface area contributed by atoms with Crippen molar-refractivity contribution in [2.45, 2.75) is 37.9 Å². The number of aromatic nitrogens is 3. The average molecular weight is 576 g/mol. The van der Waals surface area contributed by atoms with Gasteiger partial charge in [0.15, 0.2) is 0 Å². The van der Waals surface area contributed by atoms with Gasteiger partial charge >= 0.3 is 6.18 Å². The van der Waals surface area contributed by atoms with Crippen molar-refractivity contribution in [1.82, 2.24) is 24.0 Å². The van der Waals surface area contributed by atoms with E-state index in [9.17, 15) is 26.0 Å². The van der Waals surface area contributed by atoms with Crippen molar-refractivity contribution >= 4 is 20.9 Å². The molecule has 1 atom stereocenters. The van der Waals surface area contributed by atoms with Gasteiger partial charge in [-0.1, -0.05) is 13.8 Å². The van der Waals surface area contributed by atoms with Gasteiger partial charge in [-0.25, -0.2) is 17.5 Å². The Labute approximate surface area is 230 Å². The van der Waals surface area contributed by atoms with Crippen LogP contribution in [0.3, 0.4) is 0 Å². The van der Waals surface area contributed by atoms with E-state index in [2.05, 4.69) is 28.8 Å². The highest BCUT2D eigenvalue weighted by Gasteiger charge is 2.37. The molecule has 1 saturated heterocycles. The Kier molecular flexibility index (Phi) is 7.45. The van der Waals surface area contributed by atoms with Crippen molar-refractivity contribution in [2.24, 2.45) is 5.92 Å². The summed E-state index contributed by atoms with van der Waals surface area (Å²) in [6.07, 6.45) is -2.16. The smallest absolute Gasteiger partial charge is 0.293 e. The highest BCUT2D eigenvalue weighted by Crippen LogP contribution is 2.34. The lowest BCUT2D eigenvalue weighted by atomic mass is 9.96. The molecule has 0 aliphatic carbocycles. The highest BCUT2D eigenvalue weighted by molar-refractivity contribution is 7.89. The number of piperazine rings is 1. The first-order valence-electron chi connectivity index (χ1n) is 12.9. The van der Waals surface area contributed by atoms with Crippen LogP contribution < -0.4 is 0 Å². The summed E-state index contributed by atoms with van der Waals surface area (Å²) in [5, 5.41) is 5.34. The SMILES string of the molecule is Cc1cc2c(cnn2-c2ccc(F)cc2)cc1C1CN(S(=O)(=O)c2ccc(C(F)(F)F)nc2)CCN1CC(C)C. The zero-order valence-corrected chi connectivity index (χ0v) is 23.0. The van der Waals surface area contributed by atoms with Crippen LogP contribution >= 0.6 is 0 Å². The number of alkyl halides is 3. The molecule has 0 bridgehead atoms. The maximum absolute atomic E-state index is 13.5. The maximum Gasteiger partial charge on any atom is 0.433 e. The predicted molar refractivity (Wildman–Crippen MR) is 143 cm³/mol. The van der Waals surface area contributed by atoms with Crippen LogP contribution in [0.25, 0.3) is 16.6 Å². The standard InChI is InChI=1S/C28H29F4N5O2S/c1-18(2)16-35-10-11-36(40(38,39)23-8-9-27(33-15-23)28(30,31)32)17-26(35)24-13-20-14-34-37(25(20)12-19(24)3)22-6-4-21(29)5-7-22/h4-9,12-15,18,26H,10-11,16-17H2,1-3H3. The topological polar surface area (TPSA) is 71.3 Å². The Morgan fingerprint density at radius 1 is 1.02 bits per heavy atom. The number of rotatable bonds is 6. The lowest BCUT2D eigenvalue weighted by molar-refractivity contribution is -0.141. The second kappa shape index (κ2) is 10.6. The molecule has 212 valence electrons. The molecule has 1 unspecified atom stereocenters. The Bertz CT molecular complexity index is 1620. The Morgan fingerprint density at radius 3 is 2.38 bits per heavy atom. The first-order valence-corrected chi connectivity index (χ1v) is 14.3. The summed E-state index contributed by atoms with van der Waals surface area (Å²) in [6.45, 7) is 7.69. The van der Waals surface area contributed by atoms with Gasteiger partial charge in [-0.05, 0) is 72.5 Å². The van der Waals surface area contributed by atoms with Crippen LogP contribution in [0.5, 0.6) is 0 Å². The summed E-state index contributed by atoms with van der Waals surface area (Å²) in [5.74, 6) is -0.0113. The van der Waals surface area contributed by atoms with E-state index in [1.54, 1.807) is 23.0 Å². The predicted octanol–water partition coefficient (Wildman–Crippen LogP) is 5.59. The van der Waals surface area contributed by atoms with Crippen LogP contribution in [0.1, 0.15) is 36.7 Å². The minimum Gasteiger partial charge on any atom is -0.293 e. The van der Waals surface area contributed by atoms with Gasteiger partial charge in [-0.15, -0.1) is 0 Å². The molecule has 0 saturated carbocycles. The summed E-state index contributed by atoms with van der Waals surface area (Å²) < 4.78 is 82.4. The molecule has 2 aromatic heterocycles. The van der Waals surface area contributed by atoms with Crippen molar-refractivity contribution in [3.05, 3.63) is 83.6 Å². The third-order valence-corrected chi connectivity index (χ3v) is 8.95. The average Bonchev–Trinajstić information content (AvgIpc) is 3.30. The molecule has 4 aromatic rings. The van der Waals surface area contributed by atoms with Gasteiger partial charge in [0.25, 0.3) is 0 Å². The van der Waals surface area contributed by atoms with Crippen LogP contribution in [-0.4, -0.2) is 58.6 Å². The number of benzene rings is 2. The maximum atomic E-state index is 13.5. The number of aryl methyl sites for hydroxylation is 1. The molecule has 7 nitrogen and oxygen atoms in total. The third kappa shape index (κ3) is 5.48. The third-order valence-electron chi connectivity index (χ3n) is 7.10. The molecule has 40 heavy (non-hydrogen) atoms. The minimum absolute atomic E-state index is 0.133. The number of halogens is 4. The lowest BCUT2D eigenvalue weighted by Crippen LogP contribution is -2.51. The molecule has 0 amide bonds. The van der Waals surface area contributed by atoms with Crippen LogP contribution in [0.4, 0.5) is 17.6 Å². The van der Waals surface area contributed by atoms with E-state index in [0.717, 1.165) is 40.8 Å². The summed E-state index contributed by atoms with van der Waals surface area (Å²) in [7, 11) is -4.08. The quantitative estimate of drug-likeness (QED) is 0.281. The molecule has 0 N–H and O–H groups in total. The van der Waals surface area contributed by atoms with Crippen LogP contribution in [0, 0.1) is 18.7 Å². The van der Waals surface area contributed by atoms with Gasteiger partial charge in [0, 0.05) is 43.8 Å². The van der Waals surface area contributed by atoms with E-state index < -0.39 is 21.9 Å². The minimum atomic E-state index is -4.66. The second-order valence-electron chi connectivity index (χ2n) is 10.4. The van der Waals surface area contributed by atoms with Gasteiger partial charge < -0.3 is 0 Å². The highest BCUT2D eigenvalue weighted by atomic mass is 32.2. The molecule has 1 aliphatic rings. The van der Waals surface area contributed by atoms with Gasteiger partial charge in [0.1, 0.15) is 16.4 Å². The largest absolute Gasteiger partial charge is 0.433 e. The number of hydrogen-bond acceptors (Lipinski definition) is 5. The summed E-state index contributed by atoms with van der Waals surface area (Å²) in [5.41, 5.74) is 2.28. The number of hydrogen-bond donors (Lipinski definition) is 0. The summed E-state index contributed by atoms with van der Waals surface area (Å²) in [6, 6.07) is 11.4. The normalized spacial score (nSPS) is 17.6. The molecular formula is C28H29F4N5O2S. The molecule has 1 aliphatic heterocycles. The molecular weight excluding hydrogens is 546 g/mol. The van der Waals surface area contributed by atoms with Gasteiger partial charge in [0.2, 0.25) is 10.0 Å². The molecule has 2 aromatic carbocycles. The fourth-order valence-corrected chi connectivity index (χ4v) is 6.57. The lowest BCUT2D eigenvalue weighted by Gasteiger charge is -2.42. The molecule has 3 heterocycles. The Balaban J connectivity index is 1.50.